The van der Waals surface area contributed by atoms with Gasteiger partial charge in [-0.3, -0.25) is 14.4 Å². The molecule has 0 fully saturated rings. The molecule has 3 aromatic rings. The van der Waals surface area contributed by atoms with Crippen LogP contribution in [0.15, 0.2) is 59.1 Å². The van der Waals surface area contributed by atoms with Gasteiger partial charge in [-0.05, 0) is 30.7 Å². The van der Waals surface area contributed by atoms with Gasteiger partial charge in [-0.1, -0.05) is 42.4 Å². The summed E-state index contributed by atoms with van der Waals surface area (Å²) in [5.74, 6) is -0.163. The number of esters is 1. The van der Waals surface area contributed by atoms with Crippen LogP contribution >= 0.6 is 0 Å². The van der Waals surface area contributed by atoms with Gasteiger partial charge in [0.15, 0.2) is 12.4 Å². The maximum absolute atomic E-state index is 12.2. The molecule has 8 nitrogen and oxygen atoms in total. The minimum Gasteiger partial charge on any atom is -0.457 e. The van der Waals surface area contributed by atoms with Crippen LogP contribution < -0.4 is 5.32 Å². The third kappa shape index (κ3) is 6.60. The van der Waals surface area contributed by atoms with Crippen molar-refractivity contribution in [3.8, 4) is 11.4 Å². The zero-order valence-corrected chi connectivity index (χ0v) is 17.2. The molecular weight excluding hydrogens is 398 g/mol. The van der Waals surface area contributed by atoms with E-state index >= 15 is 0 Å². The zero-order chi connectivity index (χ0) is 22.1. The van der Waals surface area contributed by atoms with Gasteiger partial charge in [0.25, 0.3) is 0 Å². The van der Waals surface area contributed by atoms with Gasteiger partial charge < -0.3 is 14.6 Å². The first-order valence-electron chi connectivity index (χ1n) is 10.0. The number of anilines is 1. The Hall–Kier alpha value is -3.81. The van der Waals surface area contributed by atoms with E-state index in [1.165, 1.54) is 0 Å². The predicted octanol–water partition coefficient (Wildman–Crippen LogP) is 3.83. The summed E-state index contributed by atoms with van der Waals surface area (Å²) in [6.07, 6.45) is 1.44. The standard InChI is InChI=1S/C23H23N3O5/c1-2-6-20(28)24-18-11-9-16(10-12-18)19(27)15-30-22(29)14-13-21-25-23(26-31-21)17-7-4-3-5-8-17/h3-5,7-12H,2,6,13-15H2,1H3,(H,24,28). The normalized spacial score (nSPS) is 10.5. The summed E-state index contributed by atoms with van der Waals surface area (Å²) in [5, 5.41) is 6.64. The SMILES string of the molecule is CCCC(=O)Nc1ccc(C(=O)COC(=O)CCc2nc(-c3ccccc3)no2)cc1. The number of amides is 1. The van der Waals surface area contributed by atoms with Crippen LogP contribution in [-0.4, -0.2) is 34.4 Å². The van der Waals surface area contributed by atoms with Gasteiger partial charge in [-0.2, -0.15) is 4.98 Å². The number of nitrogens with one attached hydrogen (secondary N) is 1. The van der Waals surface area contributed by atoms with E-state index in [4.69, 9.17) is 9.26 Å². The Morgan fingerprint density at radius 2 is 1.74 bits per heavy atom. The Morgan fingerprint density at radius 3 is 2.45 bits per heavy atom. The first-order chi connectivity index (χ1) is 15.0. The number of ether oxygens (including phenoxy) is 1. The molecule has 160 valence electrons. The number of carbonyl (C=O) groups is 3. The smallest absolute Gasteiger partial charge is 0.306 e. The molecule has 0 radical (unpaired) electrons. The highest BCUT2D eigenvalue weighted by Crippen LogP contribution is 2.15. The molecule has 0 spiro atoms. The summed E-state index contributed by atoms with van der Waals surface area (Å²) in [5.41, 5.74) is 1.83. The fourth-order valence-corrected chi connectivity index (χ4v) is 2.76. The van der Waals surface area contributed by atoms with Crippen molar-refractivity contribution in [2.45, 2.75) is 32.6 Å². The third-order valence-corrected chi connectivity index (χ3v) is 4.38. The van der Waals surface area contributed by atoms with Crippen molar-refractivity contribution < 1.29 is 23.6 Å². The van der Waals surface area contributed by atoms with Crippen LogP contribution in [0.4, 0.5) is 5.69 Å². The number of ketones is 1. The number of benzene rings is 2. The molecule has 0 saturated heterocycles. The minimum atomic E-state index is -0.531. The molecule has 8 heteroatoms. The first-order valence-corrected chi connectivity index (χ1v) is 10.0. The van der Waals surface area contributed by atoms with Crippen molar-refractivity contribution in [2.75, 3.05) is 11.9 Å². The quantitative estimate of drug-likeness (QED) is 0.391. The van der Waals surface area contributed by atoms with Gasteiger partial charge in [-0.15, -0.1) is 0 Å². The molecule has 1 amide bonds. The van der Waals surface area contributed by atoms with Crippen LogP contribution in [0, 0.1) is 0 Å². The Kier molecular flexibility index (Phi) is 7.64. The molecule has 3 rings (SSSR count). The van der Waals surface area contributed by atoms with E-state index in [9.17, 15) is 14.4 Å². The molecule has 0 atom stereocenters. The van der Waals surface area contributed by atoms with Crippen molar-refractivity contribution >= 4 is 23.3 Å². The van der Waals surface area contributed by atoms with Gasteiger partial charge >= 0.3 is 5.97 Å². The van der Waals surface area contributed by atoms with Gasteiger partial charge in [0.2, 0.25) is 17.6 Å². The fraction of sp³-hybridized carbons (Fsp3) is 0.261. The zero-order valence-electron chi connectivity index (χ0n) is 17.2. The molecule has 0 unspecified atom stereocenters. The highest BCUT2D eigenvalue weighted by Gasteiger charge is 2.13. The summed E-state index contributed by atoms with van der Waals surface area (Å²) >= 11 is 0. The highest BCUT2D eigenvalue weighted by atomic mass is 16.5. The third-order valence-electron chi connectivity index (χ3n) is 4.38. The van der Waals surface area contributed by atoms with E-state index in [-0.39, 0.29) is 31.1 Å². The van der Waals surface area contributed by atoms with Crippen molar-refractivity contribution in [3.05, 3.63) is 66.1 Å². The second-order valence-corrected chi connectivity index (χ2v) is 6.84. The molecule has 1 heterocycles. The molecule has 0 aliphatic heterocycles. The van der Waals surface area contributed by atoms with Gasteiger partial charge in [0.05, 0.1) is 6.42 Å². The average Bonchev–Trinajstić information content (AvgIpc) is 3.26. The van der Waals surface area contributed by atoms with Crippen LogP contribution in [0.1, 0.15) is 42.4 Å². The van der Waals surface area contributed by atoms with E-state index in [2.05, 4.69) is 15.5 Å². The summed E-state index contributed by atoms with van der Waals surface area (Å²) in [4.78, 5) is 40.0. The maximum atomic E-state index is 12.2. The molecule has 0 saturated carbocycles. The van der Waals surface area contributed by atoms with E-state index < -0.39 is 5.97 Å². The Morgan fingerprint density at radius 1 is 1.00 bits per heavy atom. The number of nitrogens with zero attached hydrogens (tertiary/aromatic N) is 2. The minimum absolute atomic E-state index is 0.0199. The van der Waals surface area contributed by atoms with E-state index in [1.54, 1.807) is 24.3 Å². The Labute approximate surface area is 179 Å². The van der Waals surface area contributed by atoms with E-state index in [1.807, 2.05) is 37.3 Å². The largest absolute Gasteiger partial charge is 0.457 e. The lowest BCUT2D eigenvalue weighted by Crippen LogP contribution is -2.15. The van der Waals surface area contributed by atoms with E-state index in [0.29, 0.717) is 29.4 Å². The Bertz CT molecular complexity index is 1030. The number of Topliss-reactive ketones (excluding diaryl/α,β-unsaturated/α-hetero) is 1. The lowest BCUT2D eigenvalue weighted by atomic mass is 10.1. The number of rotatable bonds is 10. The van der Waals surface area contributed by atoms with Crippen LogP contribution in [0.2, 0.25) is 0 Å². The van der Waals surface area contributed by atoms with Gasteiger partial charge in [0, 0.05) is 29.7 Å². The molecule has 1 N–H and O–H groups in total. The van der Waals surface area contributed by atoms with Crippen molar-refractivity contribution in [3.63, 3.8) is 0 Å². The molecule has 0 bridgehead atoms. The van der Waals surface area contributed by atoms with Crippen molar-refractivity contribution in [1.82, 2.24) is 10.1 Å². The maximum Gasteiger partial charge on any atom is 0.306 e. The predicted molar refractivity (Wildman–Crippen MR) is 113 cm³/mol. The number of aryl methyl sites for hydroxylation is 1. The second-order valence-electron chi connectivity index (χ2n) is 6.84. The summed E-state index contributed by atoms with van der Waals surface area (Å²) in [7, 11) is 0. The first kappa shape index (κ1) is 21.9. The van der Waals surface area contributed by atoms with Crippen LogP contribution in [0.5, 0.6) is 0 Å². The van der Waals surface area contributed by atoms with E-state index in [0.717, 1.165) is 12.0 Å². The molecule has 0 aliphatic rings. The summed E-state index contributed by atoms with van der Waals surface area (Å²) in [6.45, 7) is 1.56. The molecule has 0 aliphatic carbocycles. The molecule has 1 aromatic heterocycles. The van der Waals surface area contributed by atoms with Crippen molar-refractivity contribution in [2.24, 2.45) is 0 Å². The number of hydrogen-bond acceptors (Lipinski definition) is 7. The van der Waals surface area contributed by atoms with Gasteiger partial charge in [-0.25, -0.2) is 0 Å². The fourth-order valence-electron chi connectivity index (χ4n) is 2.76. The molecule has 2 aromatic carbocycles. The highest BCUT2D eigenvalue weighted by molar-refractivity contribution is 5.98. The number of aromatic nitrogens is 2. The summed E-state index contributed by atoms with van der Waals surface area (Å²) in [6, 6.07) is 15.8. The second kappa shape index (κ2) is 10.8. The number of carbonyl (C=O) groups excluding carboxylic acids is 3. The lowest BCUT2D eigenvalue weighted by molar-refractivity contribution is -0.142. The monoisotopic (exact) mass is 421 g/mol. The molecule has 31 heavy (non-hydrogen) atoms. The van der Waals surface area contributed by atoms with Crippen molar-refractivity contribution in [1.29, 1.82) is 0 Å². The Balaban J connectivity index is 1.43. The number of hydrogen-bond donors (Lipinski definition) is 1. The summed E-state index contributed by atoms with van der Waals surface area (Å²) < 4.78 is 10.2. The van der Waals surface area contributed by atoms with Crippen LogP contribution in [0.3, 0.4) is 0 Å². The van der Waals surface area contributed by atoms with Crippen LogP contribution in [0.25, 0.3) is 11.4 Å². The lowest BCUT2D eigenvalue weighted by Gasteiger charge is -2.06. The molecular formula is C23H23N3O5. The van der Waals surface area contributed by atoms with Gasteiger partial charge in [0.1, 0.15) is 0 Å². The van der Waals surface area contributed by atoms with Crippen LogP contribution in [-0.2, 0) is 20.7 Å². The average molecular weight is 421 g/mol. The topological polar surface area (TPSA) is 111 Å².